The number of rotatable bonds is 2. The highest BCUT2D eigenvalue weighted by Gasteiger charge is 2.53. The summed E-state index contributed by atoms with van der Waals surface area (Å²) in [5, 5.41) is 8.91. The highest BCUT2D eigenvalue weighted by atomic mass is 79.9. The molecule has 0 radical (unpaired) electrons. The quantitative estimate of drug-likeness (QED) is 0.798. The maximum absolute atomic E-state index is 13.2. The smallest absolute Gasteiger partial charge is 0.394 e. The molecule has 1 N–H and O–H groups in total. The minimum atomic E-state index is -4.72. The molecule has 1 aromatic carbocycles. The average molecular weight is 384 g/mol. The van der Waals surface area contributed by atoms with Crippen LogP contribution in [0.5, 0.6) is 0 Å². The second kappa shape index (κ2) is 5.86. The van der Waals surface area contributed by atoms with Gasteiger partial charge in [0.25, 0.3) is 5.91 Å². The average Bonchev–Trinajstić information content (AvgIpc) is 2.86. The van der Waals surface area contributed by atoms with Crippen LogP contribution in [0.15, 0.2) is 22.7 Å². The molecule has 1 aliphatic rings. The zero-order chi connectivity index (χ0) is 16.7. The predicted molar refractivity (Wildman–Crippen MR) is 70.7 cm³/mol. The normalized spacial score (nSPS) is 22.0. The van der Waals surface area contributed by atoms with Crippen LogP contribution in [0, 0.1) is 17.7 Å². The number of carboxylic acid groups (broad SMARTS) is 1. The third-order valence-electron chi connectivity index (χ3n) is 3.50. The van der Waals surface area contributed by atoms with Crippen LogP contribution in [0.2, 0.25) is 0 Å². The Morgan fingerprint density at radius 2 is 1.91 bits per heavy atom. The fraction of sp³-hybridized carbons (Fsp3) is 0.385. The molecule has 2 atom stereocenters. The van der Waals surface area contributed by atoms with Crippen molar-refractivity contribution < 1.29 is 32.3 Å². The molecule has 4 nitrogen and oxygen atoms in total. The van der Waals surface area contributed by atoms with Crippen molar-refractivity contribution in [2.75, 3.05) is 13.1 Å². The molecular weight excluding hydrogens is 374 g/mol. The van der Waals surface area contributed by atoms with Crippen LogP contribution in [-0.2, 0) is 4.79 Å². The van der Waals surface area contributed by atoms with Gasteiger partial charge in [0.1, 0.15) is 5.82 Å². The standard InChI is InChI=1S/C13H10BrF4NO3/c14-10-2-1-6(15)3-7(10)11(20)19-4-8(12(21)22)9(5-19)13(16,17)18/h1-3,8-9H,4-5H2,(H,21,22)/t8-,9-/m1/s1. The summed E-state index contributed by atoms with van der Waals surface area (Å²) in [5.41, 5.74) is -0.146. The predicted octanol–water partition coefficient (Wildman–Crippen LogP) is 2.92. The van der Waals surface area contributed by atoms with Crippen molar-refractivity contribution in [1.29, 1.82) is 0 Å². The van der Waals surface area contributed by atoms with E-state index >= 15 is 0 Å². The van der Waals surface area contributed by atoms with Crippen molar-refractivity contribution in [3.8, 4) is 0 Å². The van der Waals surface area contributed by atoms with E-state index in [2.05, 4.69) is 15.9 Å². The Bertz CT molecular complexity index is 620. The summed E-state index contributed by atoms with van der Waals surface area (Å²) in [6, 6.07) is 3.24. The van der Waals surface area contributed by atoms with Crippen LogP contribution < -0.4 is 0 Å². The molecule has 0 bridgehead atoms. The van der Waals surface area contributed by atoms with E-state index < -0.39 is 48.8 Å². The Morgan fingerprint density at radius 3 is 2.41 bits per heavy atom. The largest absolute Gasteiger partial charge is 0.481 e. The molecule has 2 rings (SSSR count). The second-order valence-electron chi connectivity index (χ2n) is 4.93. The topological polar surface area (TPSA) is 57.6 Å². The Hall–Kier alpha value is -1.64. The molecule has 1 aromatic rings. The van der Waals surface area contributed by atoms with E-state index in [-0.39, 0.29) is 10.0 Å². The Morgan fingerprint density at radius 1 is 1.27 bits per heavy atom. The first-order valence-corrected chi connectivity index (χ1v) is 6.94. The fourth-order valence-electron chi connectivity index (χ4n) is 2.38. The van der Waals surface area contributed by atoms with E-state index in [1.807, 2.05) is 0 Å². The molecular formula is C13H10BrF4NO3. The number of carbonyl (C=O) groups is 2. The molecule has 0 aromatic heterocycles. The minimum absolute atomic E-state index is 0.146. The highest BCUT2D eigenvalue weighted by Crippen LogP contribution is 2.38. The zero-order valence-electron chi connectivity index (χ0n) is 10.9. The third-order valence-corrected chi connectivity index (χ3v) is 4.20. The molecule has 0 spiro atoms. The van der Waals surface area contributed by atoms with Gasteiger partial charge in [-0.05, 0) is 34.1 Å². The molecule has 9 heteroatoms. The van der Waals surface area contributed by atoms with Crippen molar-refractivity contribution in [3.05, 3.63) is 34.1 Å². The summed E-state index contributed by atoms with van der Waals surface area (Å²) in [5.74, 6) is -7.04. The van der Waals surface area contributed by atoms with Gasteiger partial charge in [-0.15, -0.1) is 0 Å². The Labute approximate surface area is 130 Å². The number of halogens is 5. The van der Waals surface area contributed by atoms with Gasteiger partial charge >= 0.3 is 12.1 Å². The van der Waals surface area contributed by atoms with Gasteiger partial charge in [-0.3, -0.25) is 9.59 Å². The van der Waals surface area contributed by atoms with E-state index in [9.17, 15) is 27.2 Å². The summed E-state index contributed by atoms with van der Waals surface area (Å²) < 4.78 is 52.1. The molecule has 1 amide bonds. The highest BCUT2D eigenvalue weighted by molar-refractivity contribution is 9.10. The number of aliphatic carboxylic acids is 1. The number of amides is 1. The number of carboxylic acids is 1. The number of benzene rings is 1. The van der Waals surface area contributed by atoms with E-state index in [1.165, 1.54) is 6.07 Å². The summed E-state index contributed by atoms with van der Waals surface area (Å²) in [7, 11) is 0. The lowest BCUT2D eigenvalue weighted by atomic mass is 9.96. The molecule has 0 saturated carbocycles. The first-order valence-electron chi connectivity index (χ1n) is 6.15. The summed E-state index contributed by atoms with van der Waals surface area (Å²) >= 11 is 3.02. The molecule has 1 saturated heterocycles. The van der Waals surface area contributed by atoms with Gasteiger partial charge in [0.15, 0.2) is 0 Å². The van der Waals surface area contributed by atoms with Gasteiger partial charge in [0.2, 0.25) is 0 Å². The molecule has 0 aliphatic carbocycles. The molecule has 22 heavy (non-hydrogen) atoms. The number of hydrogen-bond acceptors (Lipinski definition) is 2. The van der Waals surface area contributed by atoms with Crippen LogP contribution in [-0.4, -0.2) is 41.1 Å². The number of likely N-dealkylation sites (tertiary alicyclic amines) is 1. The van der Waals surface area contributed by atoms with Crippen LogP contribution >= 0.6 is 15.9 Å². The molecule has 120 valence electrons. The lowest BCUT2D eigenvalue weighted by Gasteiger charge is -2.18. The van der Waals surface area contributed by atoms with Gasteiger partial charge in [0.05, 0.1) is 17.4 Å². The van der Waals surface area contributed by atoms with Gasteiger partial charge in [0, 0.05) is 17.6 Å². The Balaban J connectivity index is 2.29. The van der Waals surface area contributed by atoms with Gasteiger partial charge in [-0.1, -0.05) is 0 Å². The van der Waals surface area contributed by atoms with E-state index in [0.717, 1.165) is 17.0 Å². The fourth-order valence-corrected chi connectivity index (χ4v) is 2.80. The third kappa shape index (κ3) is 3.23. The van der Waals surface area contributed by atoms with Crippen LogP contribution in [0.3, 0.4) is 0 Å². The van der Waals surface area contributed by atoms with E-state index in [4.69, 9.17) is 5.11 Å². The molecule has 1 heterocycles. The number of nitrogens with zero attached hydrogens (tertiary/aromatic N) is 1. The van der Waals surface area contributed by atoms with E-state index in [1.54, 1.807) is 0 Å². The second-order valence-corrected chi connectivity index (χ2v) is 5.78. The SMILES string of the molecule is O=C(O)[C@@H]1CN(C(=O)c2cc(F)ccc2Br)C[C@H]1C(F)(F)F. The van der Waals surface area contributed by atoms with Gasteiger partial charge in [-0.2, -0.15) is 13.2 Å². The zero-order valence-corrected chi connectivity index (χ0v) is 12.5. The monoisotopic (exact) mass is 383 g/mol. The maximum atomic E-state index is 13.2. The first kappa shape index (κ1) is 16.7. The number of carbonyl (C=O) groups excluding carboxylic acids is 1. The summed E-state index contributed by atoms with van der Waals surface area (Å²) in [6.07, 6.45) is -4.72. The lowest BCUT2D eigenvalue weighted by molar-refractivity contribution is -0.187. The van der Waals surface area contributed by atoms with Gasteiger partial charge in [-0.25, -0.2) is 4.39 Å². The minimum Gasteiger partial charge on any atom is -0.481 e. The number of alkyl halides is 3. The van der Waals surface area contributed by atoms with Crippen LogP contribution in [0.25, 0.3) is 0 Å². The first-order chi connectivity index (χ1) is 10.1. The summed E-state index contributed by atoms with van der Waals surface area (Å²) in [4.78, 5) is 24.0. The van der Waals surface area contributed by atoms with Crippen molar-refractivity contribution in [2.45, 2.75) is 6.18 Å². The molecule has 1 aliphatic heterocycles. The molecule has 0 unspecified atom stereocenters. The summed E-state index contributed by atoms with van der Waals surface area (Å²) in [6.45, 7) is -1.33. The van der Waals surface area contributed by atoms with Gasteiger partial charge < -0.3 is 10.0 Å². The van der Waals surface area contributed by atoms with Crippen molar-refractivity contribution in [2.24, 2.45) is 11.8 Å². The molecule has 1 fully saturated rings. The number of hydrogen-bond donors (Lipinski definition) is 1. The lowest BCUT2D eigenvalue weighted by Crippen LogP contribution is -2.34. The maximum Gasteiger partial charge on any atom is 0.394 e. The van der Waals surface area contributed by atoms with Crippen molar-refractivity contribution >= 4 is 27.8 Å². The van der Waals surface area contributed by atoms with Crippen LogP contribution in [0.1, 0.15) is 10.4 Å². The Kier molecular flexibility index (Phi) is 4.46. The van der Waals surface area contributed by atoms with Crippen molar-refractivity contribution in [3.63, 3.8) is 0 Å². The van der Waals surface area contributed by atoms with Crippen molar-refractivity contribution in [1.82, 2.24) is 4.90 Å². The van der Waals surface area contributed by atoms with Crippen LogP contribution in [0.4, 0.5) is 17.6 Å². The van der Waals surface area contributed by atoms with E-state index in [0.29, 0.717) is 0 Å².